The van der Waals surface area contributed by atoms with Gasteiger partial charge in [0.15, 0.2) is 9.84 Å². The predicted octanol–water partition coefficient (Wildman–Crippen LogP) is 2.62. The molecule has 0 saturated heterocycles. The highest BCUT2D eigenvalue weighted by molar-refractivity contribution is 9.09. The van der Waals surface area contributed by atoms with Gasteiger partial charge in [0.1, 0.15) is 0 Å². The minimum Gasteiger partial charge on any atom is -0.229 e. The van der Waals surface area contributed by atoms with Crippen LogP contribution in [0.1, 0.15) is 33.1 Å². The number of halogens is 1. The minimum atomic E-state index is -2.83. The van der Waals surface area contributed by atoms with E-state index in [-0.39, 0.29) is 5.41 Å². The van der Waals surface area contributed by atoms with Gasteiger partial charge in [0.05, 0.1) is 11.5 Å². The van der Waals surface area contributed by atoms with Crippen molar-refractivity contribution in [3.8, 4) is 0 Å². The number of rotatable bonds is 6. The SMILES string of the molecule is CCC(C)CS(=O)(=O)CC1(CBr)CC1. The van der Waals surface area contributed by atoms with Crippen LogP contribution in [0.5, 0.6) is 0 Å². The van der Waals surface area contributed by atoms with E-state index >= 15 is 0 Å². The summed E-state index contributed by atoms with van der Waals surface area (Å²) < 4.78 is 23.6. The third-order valence-electron chi connectivity index (χ3n) is 3.00. The Morgan fingerprint density at radius 2 is 2.00 bits per heavy atom. The smallest absolute Gasteiger partial charge is 0.151 e. The lowest BCUT2D eigenvalue weighted by atomic mass is 10.2. The molecule has 1 saturated carbocycles. The van der Waals surface area contributed by atoms with Crippen molar-refractivity contribution in [2.45, 2.75) is 33.1 Å². The van der Waals surface area contributed by atoms with Gasteiger partial charge in [-0.2, -0.15) is 0 Å². The predicted molar refractivity (Wildman–Crippen MR) is 63.6 cm³/mol. The Hall–Kier alpha value is 0.430. The highest BCUT2D eigenvalue weighted by atomic mass is 79.9. The van der Waals surface area contributed by atoms with Crippen molar-refractivity contribution in [3.05, 3.63) is 0 Å². The Bertz CT molecular complexity index is 280. The highest BCUT2D eigenvalue weighted by Gasteiger charge is 2.45. The summed E-state index contributed by atoms with van der Waals surface area (Å²) in [7, 11) is -2.83. The molecule has 1 aliphatic carbocycles. The molecule has 1 unspecified atom stereocenters. The van der Waals surface area contributed by atoms with Gasteiger partial charge in [-0.15, -0.1) is 0 Å². The van der Waals surface area contributed by atoms with Gasteiger partial charge < -0.3 is 0 Å². The fraction of sp³-hybridized carbons (Fsp3) is 1.00. The maximum absolute atomic E-state index is 11.8. The largest absolute Gasteiger partial charge is 0.229 e. The van der Waals surface area contributed by atoms with E-state index in [2.05, 4.69) is 15.9 Å². The number of alkyl halides is 1. The molecule has 0 heterocycles. The first kappa shape index (κ1) is 12.5. The fourth-order valence-electron chi connectivity index (χ4n) is 1.57. The molecular formula is C10H19BrO2S. The maximum Gasteiger partial charge on any atom is 0.151 e. The molecule has 4 heteroatoms. The average Bonchev–Trinajstić information content (AvgIpc) is 2.83. The van der Waals surface area contributed by atoms with E-state index in [1.807, 2.05) is 13.8 Å². The average molecular weight is 283 g/mol. The summed E-state index contributed by atoms with van der Waals surface area (Å²) in [6.45, 7) is 4.04. The molecule has 0 radical (unpaired) electrons. The van der Waals surface area contributed by atoms with Gasteiger partial charge in [-0.1, -0.05) is 36.2 Å². The zero-order chi connectivity index (χ0) is 10.8. The molecule has 0 aromatic rings. The molecule has 0 aromatic heterocycles. The minimum absolute atomic E-state index is 0.0896. The van der Waals surface area contributed by atoms with E-state index in [4.69, 9.17) is 0 Å². The van der Waals surface area contributed by atoms with Gasteiger partial charge in [0, 0.05) is 5.33 Å². The van der Waals surface area contributed by atoms with Crippen molar-refractivity contribution in [2.24, 2.45) is 11.3 Å². The second kappa shape index (κ2) is 4.52. The Kier molecular flexibility index (Phi) is 4.03. The van der Waals surface area contributed by atoms with Crippen LogP contribution in [0.3, 0.4) is 0 Å². The van der Waals surface area contributed by atoms with Crippen LogP contribution < -0.4 is 0 Å². The molecule has 0 N–H and O–H groups in total. The quantitative estimate of drug-likeness (QED) is 0.702. The fourth-order valence-corrected chi connectivity index (χ4v) is 5.14. The third kappa shape index (κ3) is 3.54. The first-order valence-corrected chi connectivity index (χ1v) is 8.14. The van der Waals surface area contributed by atoms with Crippen molar-refractivity contribution < 1.29 is 8.42 Å². The van der Waals surface area contributed by atoms with Crippen LogP contribution >= 0.6 is 15.9 Å². The van der Waals surface area contributed by atoms with E-state index in [1.165, 1.54) is 0 Å². The van der Waals surface area contributed by atoms with Crippen LogP contribution in [-0.4, -0.2) is 25.3 Å². The van der Waals surface area contributed by atoms with E-state index in [0.717, 1.165) is 24.6 Å². The van der Waals surface area contributed by atoms with Gasteiger partial charge in [0.2, 0.25) is 0 Å². The van der Waals surface area contributed by atoms with E-state index in [0.29, 0.717) is 17.4 Å². The number of sulfone groups is 1. The second-order valence-corrected chi connectivity index (χ2v) is 7.37. The maximum atomic E-state index is 11.8. The van der Waals surface area contributed by atoms with Crippen molar-refractivity contribution in [1.82, 2.24) is 0 Å². The van der Waals surface area contributed by atoms with Crippen LogP contribution in [0.2, 0.25) is 0 Å². The lowest BCUT2D eigenvalue weighted by Crippen LogP contribution is -2.23. The summed E-state index contributed by atoms with van der Waals surface area (Å²) in [5, 5.41) is 0.833. The van der Waals surface area contributed by atoms with E-state index in [1.54, 1.807) is 0 Å². The van der Waals surface area contributed by atoms with Crippen molar-refractivity contribution >= 4 is 25.8 Å². The van der Waals surface area contributed by atoms with E-state index < -0.39 is 9.84 Å². The molecule has 0 aromatic carbocycles. The molecule has 1 aliphatic rings. The Labute approximate surface area is 95.5 Å². The third-order valence-corrected chi connectivity index (χ3v) is 6.32. The molecule has 14 heavy (non-hydrogen) atoms. The summed E-state index contributed by atoms with van der Waals surface area (Å²) in [5.74, 6) is 1.04. The standard InChI is InChI=1S/C10H19BrO2S/c1-3-9(2)6-14(12,13)8-10(7-11)4-5-10/h9H,3-8H2,1-2H3. The zero-order valence-corrected chi connectivity index (χ0v) is 11.3. The van der Waals surface area contributed by atoms with Crippen molar-refractivity contribution in [2.75, 3.05) is 16.8 Å². The second-order valence-electron chi connectivity index (χ2n) is 4.70. The molecule has 0 bridgehead atoms. The zero-order valence-electron chi connectivity index (χ0n) is 8.92. The molecule has 0 amide bonds. The van der Waals surface area contributed by atoms with Gasteiger partial charge in [0.25, 0.3) is 0 Å². The van der Waals surface area contributed by atoms with Gasteiger partial charge in [-0.25, -0.2) is 8.42 Å². The van der Waals surface area contributed by atoms with Crippen LogP contribution in [0, 0.1) is 11.3 Å². The Morgan fingerprint density at radius 1 is 1.43 bits per heavy atom. The summed E-state index contributed by atoms with van der Waals surface area (Å²) in [6, 6.07) is 0. The summed E-state index contributed by atoms with van der Waals surface area (Å²) in [6.07, 6.45) is 3.08. The monoisotopic (exact) mass is 282 g/mol. The van der Waals surface area contributed by atoms with Gasteiger partial charge >= 0.3 is 0 Å². The molecule has 84 valence electrons. The normalized spacial score (nSPS) is 21.9. The van der Waals surface area contributed by atoms with Crippen molar-refractivity contribution in [3.63, 3.8) is 0 Å². The molecule has 0 spiro atoms. The number of hydrogen-bond acceptors (Lipinski definition) is 2. The van der Waals surface area contributed by atoms with Crippen LogP contribution in [0.25, 0.3) is 0 Å². The molecule has 1 atom stereocenters. The van der Waals surface area contributed by atoms with E-state index in [9.17, 15) is 8.42 Å². The lowest BCUT2D eigenvalue weighted by molar-refractivity contribution is 0.547. The summed E-state index contributed by atoms with van der Waals surface area (Å²) in [4.78, 5) is 0. The number of hydrogen-bond donors (Lipinski definition) is 0. The molecule has 2 nitrogen and oxygen atoms in total. The van der Waals surface area contributed by atoms with Crippen LogP contribution in [0.15, 0.2) is 0 Å². The molecular weight excluding hydrogens is 264 g/mol. The van der Waals surface area contributed by atoms with Gasteiger partial charge in [-0.05, 0) is 24.2 Å². The first-order chi connectivity index (χ1) is 6.43. The Morgan fingerprint density at radius 3 is 2.36 bits per heavy atom. The summed E-state index contributed by atoms with van der Waals surface area (Å²) >= 11 is 3.40. The molecule has 1 rings (SSSR count). The highest BCUT2D eigenvalue weighted by Crippen LogP contribution is 2.48. The topological polar surface area (TPSA) is 34.1 Å². The first-order valence-electron chi connectivity index (χ1n) is 5.19. The molecule has 0 aliphatic heterocycles. The Balaban J connectivity index is 2.50. The summed E-state index contributed by atoms with van der Waals surface area (Å²) in [5.41, 5.74) is 0.0896. The lowest BCUT2D eigenvalue weighted by Gasteiger charge is -2.14. The van der Waals surface area contributed by atoms with Gasteiger partial charge in [-0.3, -0.25) is 0 Å². The molecule has 1 fully saturated rings. The van der Waals surface area contributed by atoms with Crippen LogP contribution in [-0.2, 0) is 9.84 Å². The van der Waals surface area contributed by atoms with Crippen LogP contribution in [0.4, 0.5) is 0 Å². The van der Waals surface area contributed by atoms with Crippen molar-refractivity contribution in [1.29, 1.82) is 0 Å².